The minimum Gasteiger partial charge on any atom is -0.451 e. The smallest absolute Gasteiger partial charge is 0.289 e. The van der Waals surface area contributed by atoms with Gasteiger partial charge in [0.25, 0.3) is 5.91 Å². The number of fused-ring (bicyclic) bond motifs is 1. The van der Waals surface area contributed by atoms with Crippen LogP contribution in [0.1, 0.15) is 16.1 Å². The van der Waals surface area contributed by atoms with Crippen LogP contribution >= 0.6 is 11.6 Å². The molecule has 1 aliphatic heterocycles. The Hall–Kier alpha value is -2.37. The van der Waals surface area contributed by atoms with Crippen molar-refractivity contribution in [3.63, 3.8) is 0 Å². The summed E-state index contributed by atoms with van der Waals surface area (Å²) in [6, 6.07) is 11.2. The second kappa shape index (κ2) is 6.86. The number of aromatic nitrogens is 1. The molecule has 2 aromatic heterocycles. The van der Waals surface area contributed by atoms with E-state index in [2.05, 4.69) is 16.0 Å². The Labute approximate surface area is 150 Å². The SMILES string of the molecule is O=C(c1cc2cc(Cl)ccc2o1)N1CCN(Cc2cccnc2)CC1. The number of nitrogens with zero attached hydrogens (tertiary/aromatic N) is 3. The van der Waals surface area contributed by atoms with Crippen LogP contribution in [0, 0.1) is 0 Å². The first kappa shape index (κ1) is 16.1. The van der Waals surface area contributed by atoms with E-state index in [0.29, 0.717) is 29.5 Å². The molecular weight excluding hydrogens is 338 g/mol. The lowest BCUT2D eigenvalue weighted by Crippen LogP contribution is -2.48. The van der Waals surface area contributed by atoms with Crippen molar-refractivity contribution < 1.29 is 9.21 Å². The van der Waals surface area contributed by atoms with Gasteiger partial charge >= 0.3 is 0 Å². The normalized spacial score (nSPS) is 15.6. The highest BCUT2D eigenvalue weighted by atomic mass is 35.5. The fourth-order valence-electron chi connectivity index (χ4n) is 3.13. The molecule has 25 heavy (non-hydrogen) atoms. The minimum atomic E-state index is -0.0617. The van der Waals surface area contributed by atoms with Gasteiger partial charge in [-0.1, -0.05) is 17.7 Å². The summed E-state index contributed by atoms with van der Waals surface area (Å²) in [7, 11) is 0. The third kappa shape index (κ3) is 3.52. The van der Waals surface area contributed by atoms with Crippen LogP contribution in [0.25, 0.3) is 11.0 Å². The van der Waals surface area contributed by atoms with Gasteiger partial charge in [0.2, 0.25) is 0 Å². The first-order chi connectivity index (χ1) is 12.2. The maximum atomic E-state index is 12.7. The van der Waals surface area contributed by atoms with Crippen molar-refractivity contribution in [1.82, 2.24) is 14.8 Å². The van der Waals surface area contributed by atoms with Gasteiger partial charge in [-0.25, -0.2) is 0 Å². The molecule has 1 saturated heterocycles. The number of hydrogen-bond acceptors (Lipinski definition) is 4. The Morgan fingerprint density at radius 1 is 1.16 bits per heavy atom. The van der Waals surface area contributed by atoms with E-state index in [4.69, 9.17) is 16.0 Å². The average molecular weight is 356 g/mol. The van der Waals surface area contributed by atoms with Crippen LogP contribution in [0.15, 0.2) is 53.2 Å². The molecule has 0 saturated carbocycles. The second-order valence-electron chi connectivity index (χ2n) is 6.22. The number of pyridine rings is 1. The maximum Gasteiger partial charge on any atom is 0.289 e. The number of carbonyl (C=O) groups is 1. The molecule has 0 N–H and O–H groups in total. The molecule has 1 aliphatic rings. The first-order valence-electron chi connectivity index (χ1n) is 8.29. The van der Waals surface area contributed by atoms with Gasteiger partial charge in [0.05, 0.1) is 0 Å². The average Bonchev–Trinajstić information content (AvgIpc) is 3.06. The lowest BCUT2D eigenvalue weighted by molar-refractivity contribution is 0.0600. The quantitative estimate of drug-likeness (QED) is 0.722. The number of carbonyl (C=O) groups excluding carboxylic acids is 1. The number of amides is 1. The van der Waals surface area contributed by atoms with E-state index in [9.17, 15) is 4.79 Å². The molecule has 4 rings (SSSR count). The molecule has 1 amide bonds. The van der Waals surface area contributed by atoms with Crippen molar-refractivity contribution in [2.45, 2.75) is 6.54 Å². The monoisotopic (exact) mass is 355 g/mol. The Balaban J connectivity index is 1.40. The van der Waals surface area contributed by atoms with Crippen LogP contribution in [0.5, 0.6) is 0 Å². The molecular formula is C19H18ClN3O2. The summed E-state index contributed by atoms with van der Waals surface area (Å²) in [5.41, 5.74) is 1.87. The highest BCUT2D eigenvalue weighted by Gasteiger charge is 2.24. The van der Waals surface area contributed by atoms with Crippen molar-refractivity contribution >= 4 is 28.5 Å². The third-order valence-corrected chi connectivity index (χ3v) is 4.71. The molecule has 3 aromatic rings. The van der Waals surface area contributed by atoms with E-state index in [1.54, 1.807) is 24.4 Å². The van der Waals surface area contributed by atoms with Crippen molar-refractivity contribution in [2.24, 2.45) is 0 Å². The number of piperazine rings is 1. The molecule has 128 valence electrons. The Morgan fingerprint density at radius 3 is 2.76 bits per heavy atom. The molecule has 6 heteroatoms. The minimum absolute atomic E-state index is 0.0617. The van der Waals surface area contributed by atoms with Crippen LogP contribution in [0.2, 0.25) is 5.02 Å². The molecule has 5 nitrogen and oxygen atoms in total. The molecule has 1 fully saturated rings. The molecule has 1 aromatic carbocycles. The Bertz CT molecular complexity index is 886. The molecule has 0 bridgehead atoms. The lowest BCUT2D eigenvalue weighted by atomic mass is 10.2. The van der Waals surface area contributed by atoms with E-state index in [0.717, 1.165) is 25.0 Å². The summed E-state index contributed by atoms with van der Waals surface area (Å²) in [5.74, 6) is 0.311. The first-order valence-corrected chi connectivity index (χ1v) is 8.66. The van der Waals surface area contributed by atoms with Crippen molar-refractivity contribution in [2.75, 3.05) is 26.2 Å². The second-order valence-corrected chi connectivity index (χ2v) is 6.66. The van der Waals surface area contributed by atoms with E-state index in [-0.39, 0.29) is 5.91 Å². The fourth-order valence-corrected chi connectivity index (χ4v) is 3.31. The molecule has 0 unspecified atom stereocenters. The van der Waals surface area contributed by atoms with E-state index in [1.807, 2.05) is 23.2 Å². The molecule has 0 atom stereocenters. The van der Waals surface area contributed by atoms with Crippen molar-refractivity contribution in [3.8, 4) is 0 Å². The van der Waals surface area contributed by atoms with Gasteiger partial charge in [-0.15, -0.1) is 0 Å². The third-order valence-electron chi connectivity index (χ3n) is 4.48. The predicted octanol–water partition coefficient (Wildman–Crippen LogP) is 3.44. The number of halogens is 1. The van der Waals surface area contributed by atoms with E-state index >= 15 is 0 Å². The zero-order chi connectivity index (χ0) is 17.2. The van der Waals surface area contributed by atoms with Crippen LogP contribution in [0.4, 0.5) is 0 Å². The number of hydrogen-bond donors (Lipinski definition) is 0. The van der Waals surface area contributed by atoms with Gasteiger partial charge in [-0.3, -0.25) is 14.7 Å². The summed E-state index contributed by atoms with van der Waals surface area (Å²) >= 11 is 5.99. The highest BCUT2D eigenvalue weighted by molar-refractivity contribution is 6.31. The maximum absolute atomic E-state index is 12.7. The zero-order valence-corrected chi connectivity index (χ0v) is 14.4. The summed E-state index contributed by atoms with van der Waals surface area (Å²) in [4.78, 5) is 21.0. The van der Waals surface area contributed by atoms with Crippen LogP contribution < -0.4 is 0 Å². The van der Waals surface area contributed by atoms with E-state index < -0.39 is 0 Å². The van der Waals surface area contributed by atoms with Gasteiger partial charge in [0.15, 0.2) is 5.76 Å². The predicted molar refractivity (Wildman–Crippen MR) is 96.6 cm³/mol. The zero-order valence-electron chi connectivity index (χ0n) is 13.7. The van der Waals surface area contributed by atoms with E-state index in [1.165, 1.54) is 5.56 Å². The van der Waals surface area contributed by atoms with Gasteiger partial charge in [0.1, 0.15) is 5.58 Å². The molecule has 0 aliphatic carbocycles. The van der Waals surface area contributed by atoms with Gasteiger partial charge in [-0.05, 0) is 35.9 Å². The van der Waals surface area contributed by atoms with Crippen LogP contribution in [-0.4, -0.2) is 46.9 Å². The van der Waals surface area contributed by atoms with Gasteiger partial charge < -0.3 is 9.32 Å². The summed E-state index contributed by atoms with van der Waals surface area (Å²) in [6.45, 7) is 3.92. The lowest BCUT2D eigenvalue weighted by Gasteiger charge is -2.34. The number of rotatable bonds is 3. The highest BCUT2D eigenvalue weighted by Crippen LogP contribution is 2.24. The standard InChI is InChI=1S/C19H18ClN3O2/c20-16-3-4-17-15(10-16)11-18(25-17)19(24)23-8-6-22(7-9-23)13-14-2-1-5-21-12-14/h1-5,10-12H,6-9,13H2. The van der Waals surface area contributed by atoms with Crippen LogP contribution in [0.3, 0.4) is 0 Å². The number of furan rings is 1. The summed E-state index contributed by atoms with van der Waals surface area (Å²) in [5, 5.41) is 1.49. The topological polar surface area (TPSA) is 49.6 Å². The summed E-state index contributed by atoms with van der Waals surface area (Å²) < 4.78 is 5.69. The van der Waals surface area contributed by atoms with Gasteiger partial charge in [0, 0.05) is 55.5 Å². The molecule has 0 spiro atoms. The molecule has 0 radical (unpaired) electrons. The Morgan fingerprint density at radius 2 is 2.00 bits per heavy atom. The van der Waals surface area contributed by atoms with Crippen molar-refractivity contribution in [3.05, 3.63) is 65.1 Å². The Kier molecular flexibility index (Phi) is 4.42. The number of benzene rings is 1. The van der Waals surface area contributed by atoms with Crippen LogP contribution in [-0.2, 0) is 6.54 Å². The summed E-state index contributed by atoms with van der Waals surface area (Å²) in [6.07, 6.45) is 3.66. The fraction of sp³-hybridized carbons (Fsp3) is 0.263. The largest absolute Gasteiger partial charge is 0.451 e. The van der Waals surface area contributed by atoms with Crippen molar-refractivity contribution in [1.29, 1.82) is 0 Å². The van der Waals surface area contributed by atoms with Gasteiger partial charge in [-0.2, -0.15) is 0 Å². The molecule has 3 heterocycles.